The second-order valence-electron chi connectivity index (χ2n) is 7.84. The third-order valence-corrected chi connectivity index (χ3v) is 5.78. The van der Waals surface area contributed by atoms with Gasteiger partial charge in [0.15, 0.2) is 6.29 Å². The molecule has 8 heteroatoms. The molecule has 1 aliphatic rings. The highest BCUT2D eigenvalue weighted by Crippen LogP contribution is 2.42. The van der Waals surface area contributed by atoms with Crippen molar-refractivity contribution in [1.29, 1.82) is 0 Å². The summed E-state index contributed by atoms with van der Waals surface area (Å²) in [6.45, 7) is 0.264. The number of carbonyl (C=O) groups is 1. The smallest absolute Gasteiger partial charge is 0.303 e. The van der Waals surface area contributed by atoms with Gasteiger partial charge in [0, 0.05) is 22.9 Å². The number of ether oxygens (including phenoxy) is 2. The van der Waals surface area contributed by atoms with Crippen molar-refractivity contribution < 1.29 is 28.9 Å². The number of carboxylic acid groups (broad SMARTS) is 1. The van der Waals surface area contributed by atoms with Crippen LogP contribution in [0.1, 0.15) is 42.8 Å². The summed E-state index contributed by atoms with van der Waals surface area (Å²) in [7, 11) is 0. The standard InChI is InChI=1S/C25H23ClO7/c26-16-10-11-21-18(12-16)23(30)19(14-31-21)25-32-13-15(6-2-1-3-9-22(28)29)24(33-25)17-7-4-5-8-20(17)27/h1-2,4-5,7-8,10-12,14-15,24-25,27H,3,6,9,13H2,(H,28,29)/b2-1+/t15-,24+,25?/m1/s1. The molecular formula is C25H23ClO7. The number of aromatic hydroxyl groups is 1. The van der Waals surface area contributed by atoms with E-state index in [1.807, 2.05) is 12.2 Å². The molecule has 1 saturated heterocycles. The maximum Gasteiger partial charge on any atom is 0.303 e. The van der Waals surface area contributed by atoms with Crippen molar-refractivity contribution in [2.45, 2.75) is 31.7 Å². The highest BCUT2D eigenvalue weighted by molar-refractivity contribution is 6.31. The quantitative estimate of drug-likeness (QED) is 0.447. The fraction of sp³-hybridized carbons (Fsp3) is 0.280. The van der Waals surface area contributed by atoms with Crippen LogP contribution in [0.25, 0.3) is 11.0 Å². The van der Waals surface area contributed by atoms with Gasteiger partial charge >= 0.3 is 5.97 Å². The third-order valence-electron chi connectivity index (χ3n) is 5.55. The van der Waals surface area contributed by atoms with Crippen molar-refractivity contribution in [3.8, 4) is 5.75 Å². The Bertz CT molecular complexity index is 1230. The molecule has 172 valence electrons. The Morgan fingerprint density at radius 2 is 1.97 bits per heavy atom. The Kier molecular flexibility index (Phi) is 7.13. The maximum absolute atomic E-state index is 13.1. The number of rotatable bonds is 7. The number of para-hydroxylation sites is 1. The third kappa shape index (κ3) is 5.27. The van der Waals surface area contributed by atoms with Gasteiger partial charge in [-0.2, -0.15) is 0 Å². The van der Waals surface area contributed by atoms with Crippen LogP contribution in [0.4, 0.5) is 0 Å². The van der Waals surface area contributed by atoms with Crippen molar-refractivity contribution >= 4 is 28.5 Å². The van der Waals surface area contributed by atoms with Crippen molar-refractivity contribution in [2.24, 2.45) is 5.92 Å². The van der Waals surface area contributed by atoms with E-state index in [0.29, 0.717) is 34.4 Å². The first-order valence-corrected chi connectivity index (χ1v) is 10.9. The van der Waals surface area contributed by atoms with Crippen LogP contribution in [0.15, 0.2) is 70.1 Å². The fourth-order valence-electron chi connectivity index (χ4n) is 3.87. The van der Waals surface area contributed by atoms with Gasteiger partial charge in [0.2, 0.25) is 5.43 Å². The lowest BCUT2D eigenvalue weighted by Crippen LogP contribution is -2.32. The molecule has 3 aromatic rings. The number of benzene rings is 2. The lowest BCUT2D eigenvalue weighted by atomic mass is 9.91. The van der Waals surface area contributed by atoms with Crippen LogP contribution in [-0.4, -0.2) is 22.8 Å². The van der Waals surface area contributed by atoms with Gasteiger partial charge in [0.25, 0.3) is 0 Å². The molecule has 0 aliphatic carbocycles. The highest BCUT2D eigenvalue weighted by Gasteiger charge is 2.36. The Labute approximate surface area is 194 Å². The zero-order valence-corrected chi connectivity index (χ0v) is 18.4. The number of phenols is 1. The normalized spacial score (nSPS) is 20.9. The first kappa shape index (κ1) is 23.0. The van der Waals surface area contributed by atoms with Crippen LogP contribution in [0, 0.1) is 5.92 Å². The van der Waals surface area contributed by atoms with Crippen molar-refractivity contribution in [3.05, 3.63) is 87.3 Å². The molecule has 0 bridgehead atoms. The molecule has 1 fully saturated rings. The molecule has 33 heavy (non-hydrogen) atoms. The van der Waals surface area contributed by atoms with Crippen LogP contribution >= 0.6 is 11.6 Å². The second-order valence-corrected chi connectivity index (χ2v) is 8.28. The van der Waals surface area contributed by atoms with Crippen LogP contribution < -0.4 is 5.43 Å². The van der Waals surface area contributed by atoms with Gasteiger partial charge in [-0.15, -0.1) is 0 Å². The fourth-order valence-corrected chi connectivity index (χ4v) is 4.04. The van der Waals surface area contributed by atoms with E-state index in [4.69, 9.17) is 30.6 Å². The van der Waals surface area contributed by atoms with E-state index in [2.05, 4.69) is 0 Å². The Morgan fingerprint density at radius 3 is 2.76 bits per heavy atom. The number of hydrogen-bond donors (Lipinski definition) is 2. The molecule has 1 aliphatic heterocycles. The second kappa shape index (κ2) is 10.2. The van der Waals surface area contributed by atoms with Crippen molar-refractivity contribution in [3.63, 3.8) is 0 Å². The van der Waals surface area contributed by atoms with E-state index >= 15 is 0 Å². The van der Waals surface area contributed by atoms with Crippen LogP contribution in [0.3, 0.4) is 0 Å². The maximum atomic E-state index is 13.1. The molecule has 0 radical (unpaired) electrons. The number of halogens is 1. The summed E-state index contributed by atoms with van der Waals surface area (Å²) in [5.41, 5.74) is 0.904. The van der Waals surface area contributed by atoms with Crippen LogP contribution in [0.5, 0.6) is 5.75 Å². The van der Waals surface area contributed by atoms with Gasteiger partial charge in [-0.25, -0.2) is 0 Å². The first-order valence-electron chi connectivity index (χ1n) is 10.6. The van der Waals surface area contributed by atoms with E-state index in [1.54, 1.807) is 42.5 Å². The predicted octanol–water partition coefficient (Wildman–Crippen LogP) is 5.37. The number of fused-ring (bicyclic) bond motifs is 1. The average molecular weight is 471 g/mol. The summed E-state index contributed by atoms with van der Waals surface area (Å²) in [4.78, 5) is 23.8. The summed E-state index contributed by atoms with van der Waals surface area (Å²) >= 11 is 6.05. The monoisotopic (exact) mass is 470 g/mol. The van der Waals surface area contributed by atoms with E-state index in [9.17, 15) is 14.7 Å². The summed E-state index contributed by atoms with van der Waals surface area (Å²) in [5, 5.41) is 20.0. The molecular weight excluding hydrogens is 448 g/mol. The number of aliphatic carboxylic acids is 1. The minimum absolute atomic E-state index is 0.0564. The molecule has 0 amide bonds. The van der Waals surface area contributed by atoms with Crippen LogP contribution in [0.2, 0.25) is 5.02 Å². The molecule has 2 aromatic carbocycles. The van der Waals surface area contributed by atoms with Gasteiger partial charge in [0.05, 0.1) is 23.7 Å². The topological polar surface area (TPSA) is 106 Å². The Balaban J connectivity index is 1.61. The molecule has 2 N–H and O–H groups in total. The average Bonchev–Trinajstić information content (AvgIpc) is 2.80. The van der Waals surface area contributed by atoms with Gasteiger partial charge < -0.3 is 24.1 Å². The SMILES string of the molecule is O=C(O)CC/C=C/C[C@@H]1COC(c2coc3ccc(Cl)cc3c2=O)O[C@@H]1c1ccccc1O. The number of carboxylic acids is 1. The lowest BCUT2D eigenvalue weighted by Gasteiger charge is -2.36. The van der Waals surface area contributed by atoms with Crippen LogP contribution in [-0.2, 0) is 14.3 Å². The summed E-state index contributed by atoms with van der Waals surface area (Å²) in [5.74, 6) is -0.924. The minimum atomic E-state index is -0.985. The molecule has 1 unspecified atom stereocenters. The van der Waals surface area contributed by atoms with E-state index < -0.39 is 18.4 Å². The van der Waals surface area contributed by atoms with Crippen molar-refractivity contribution in [2.75, 3.05) is 6.61 Å². The van der Waals surface area contributed by atoms with Gasteiger partial charge in [-0.1, -0.05) is 42.0 Å². The number of phenolic OH excluding ortho intramolecular Hbond substituents is 1. The number of allylic oxidation sites excluding steroid dienone is 2. The zero-order valence-electron chi connectivity index (χ0n) is 17.6. The Hall–Kier alpha value is -3.13. The predicted molar refractivity (Wildman–Crippen MR) is 122 cm³/mol. The molecule has 2 heterocycles. The minimum Gasteiger partial charge on any atom is -0.508 e. The van der Waals surface area contributed by atoms with Gasteiger partial charge in [-0.05, 0) is 37.1 Å². The van der Waals surface area contributed by atoms with Crippen molar-refractivity contribution in [1.82, 2.24) is 0 Å². The Morgan fingerprint density at radius 1 is 1.15 bits per heavy atom. The molecule has 3 atom stereocenters. The molecule has 4 rings (SSSR count). The summed E-state index contributed by atoms with van der Waals surface area (Å²) in [6, 6.07) is 11.7. The summed E-state index contributed by atoms with van der Waals surface area (Å²) in [6.07, 6.45) is 4.52. The number of hydrogen-bond acceptors (Lipinski definition) is 6. The van der Waals surface area contributed by atoms with E-state index in [1.165, 1.54) is 6.26 Å². The van der Waals surface area contributed by atoms with E-state index in [0.717, 1.165) is 0 Å². The molecule has 1 aromatic heterocycles. The summed E-state index contributed by atoms with van der Waals surface area (Å²) < 4.78 is 17.7. The largest absolute Gasteiger partial charge is 0.508 e. The van der Waals surface area contributed by atoms with E-state index in [-0.39, 0.29) is 35.7 Å². The van der Waals surface area contributed by atoms with Gasteiger partial charge in [0.1, 0.15) is 17.6 Å². The lowest BCUT2D eigenvalue weighted by molar-refractivity contribution is -0.244. The molecule has 0 saturated carbocycles. The first-order chi connectivity index (χ1) is 15.9. The molecule has 0 spiro atoms. The zero-order chi connectivity index (χ0) is 23.4. The van der Waals surface area contributed by atoms with Gasteiger partial charge in [-0.3, -0.25) is 9.59 Å². The highest BCUT2D eigenvalue weighted by atomic mass is 35.5. The molecule has 7 nitrogen and oxygen atoms in total.